The summed E-state index contributed by atoms with van der Waals surface area (Å²) < 4.78 is 6.12. The van der Waals surface area contributed by atoms with E-state index in [4.69, 9.17) is 4.74 Å². The highest BCUT2D eigenvalue weighted by Crippen LogP contribution is 2.17. The van der Waals surface area contributed by atoms with Crippen molar-refractivity contribution in [1.82, 2.24) is 9.80 Å². The van der Waals surface area contributed by atoms with Crippen LogP contribution in [0.25, 0.3) is 0 Å². The predicted octanol–water partition coefficient (Wildman–Crippen LogP) is 3.27. The van der Waals surface area contributed by atoms with Crippen LogP contribution in [0, 0.1) is 5.92 Å². The van der Waals surface area contributed by atoms with E-state index in [1.165, 1.54) is 11.3 Å². The molecular formula is C21H26N2O3S. The molecule has 1 aromatic carbocycles. The lowest BCUT2D eigenvalue weighted by Crippen LogP contribution is -2.40. The Morgan fingerprint density at radius 1 is 1.19 bits per heavy atom. The van der Waals surface area contributed by atoms with Gasteiger partial charge in [0.05, 0.1) is 17.6 Å². The molecule has 1 fully saturated rings. The summed E-state index contributed by atoms with van der Waals surface area (Å²) in [5.74, 6) is 0.251. The van der Waals surface area contributed by atoms with Crippen LogP contribution < -0.4 is 0 Å². The minimum Gasteiger partial charge on any atom is -0.370 e. The number of carbonyl (C=O) groups is 2. The highest BCUT2D eigenvalue weighted by molar-refractivity contribution is 7.12. The van der Waals surface area contributed by atoms with Crippen molar-refractivity contribution in [3.05, 3.63) is 58.3 Å². The number of carbonyl (C=O) groups excluding carboxylic acids is 2. The molecule has 0 spiro atoms. The molecule has 144 valence electrons. The topological polar surface area (TPSA) is 49.9 Å². The molecule has 3 rings (SSSR count). The highest BCUT2D eigenvalue weighted by Gasteiger charge is 2.31. The average Bonchev–Trinajstić information content (AvgIpc) is 3.14. The smallest absolute Gasteiger partial charge is 0.264 e. The molecule has 2 aromatic rings. The van der Waals surface area contributed by atoms with E-state index in [9.17, 15) is 9.59 Å². The first-order chi connectivity index (χ1) is 13.0. The van der Waals surface area contributed by atoms with Crippen molar-refractivity contribution >= 4 is 23.2 Å². The minimum atomic E-state index is -0.209. The van der Waals surface area contributed by atoms with E-state index in [0.29, 0.717) is 37.0 Å². The maximum atomic E-state index is 12.8. The molecule has 5 nitrogen and oxygen atoms in total. The zero-order valence-electron chi connectivity index (χ0n) is 15.8. The van der Waals surface area contributed by atoms with Gasteiger partial charge in [-0.25, -0.2) is 0 Å². The lowest BCUT2D eigenvalue weighted by atomic mass is 10.2. The molecule has 0 N–H and O–H groups in total. The Labute approximate surface area is 164 Å². The van der Waals surface area contributed by atoms with Crippen LogP contribution in [-0.4, -0.2) is 53.9 Å². The van der Waals surface area contributed by atoms with E-state index in [1.54, 1.807) is 11.0 Å². The van der Waals surface area contributed by atoms with E-state index < -0.39 is 0 Å². The van der Waals surface area contributed by atoms with Crippen LogP contribution in [-0.2, 0) is 16.1 Å². The van der Waals surface area contributed by atoms with Gasteiger partial charge in [-0.05, 0) is 22.9 Å². The van der Waals surface area contributed by atoms with Crippen molar-refractivity contribution in [2.45, 2.75) is 26.6 Å². The third-order valence-corrected chi connectivity index (χ3v) is 5.32. The van der Waals surface area contributed by atoms with Gasteiger partial charge in [-0.2, -0.15) is 0 Å². The van der Waals surface area contributed by atoms with Gasteiger partial charge in [0.2, 0.25) is 5.91 Å². The number of ether oxygens (including phenoxy) is 1. The number of thiophene rings is 1. The Bertz CT molecular complexity index is 746. The van der Waals surface area contributed by atoms with Crippen LogP contribution in [0.1, 0.15) is 29.1 Å². The van der Waals surface area contributed by atoms with E-state index in [0.717, 1.165) is 5.56 Å². The van der Waals surface area contributed by atoms with E-state index in [2.05, 4.69) is 13.8 Å². The molecule has 1 aliphatic heterocycles. The number of amides is 2. The average molecular weight is 387 g/mol. The molecule has 1 aromatic heterocycles. The number of nitrogens with zero attached hydrogens (tertiary/aromatic N) is 2. The van der Waals surface area contributed by atoms with Crippen molar-refractivity contribution in [3.63, 3.8) is 0 Å². The fraction of sp³-hybridized carbons (Fsp3) is 0.429. The molecule has 0 unspecified atom stereocenters. The Balaban J connectivity index is 1.74. The molecule has 0 radical (unpaired) electrons. The molecular weight excluding hydrogens is 360 g/mol. The number of hydrogen-bond acceptors (Lipinski definition) is 4. The standard InChI is InChI=1S/C21H26N2O3S/c1-16(2)11-22-12-18(26-15-17-7-4-3-5-8-17)13-23(14-20(22)24)21(25)19-9-6-10-27-19/h3-10,16,18H,11-15H2,1-2H3/t18-/m1/s1. The Morgan fingerprint density at radius 2 is 1.96 bits per heavy atom. The van der Waals surface area contributed by atoms with Gasteiger partial charge in [0.25, 0.3) is 5.91 Å². The van der Waals surface area contributed by atoms with Crippen molar-refractivity contribution in [1.29, 1.82) is 0 Å². The van der Waals surface area contributed by atoms with Crippen molar-refractivity contribution in [2.75, 3.05) is 26.2 Å². The van der Waals surface area contributed by atoms with Gasteiger partial charge in [0, 0.05) is 19.6 Å². The third kappa shape index (κ3) is 5.40. The summed E-state index contributed by atoms with van der Waals surface area (Å²) in [4.78, 5) is 29.7. The summed E-state index contributed by atoms with van der Waals surface area (Å²) in [5.41, 5.74) is 1.08. The number of benzene rings is 1. The quantitative estimate of drug-likeness (QED) is 0.766. The first-order valence-electron chi connectivity index (χ1n) is 9.29. The third-order valence-electron chi connectivity index (χ3n) is 4.46. The van der Waals surface area contributed by atoms with Crippen LogP contribution in [0.2, 0.25) is 0 Å². The monoisotopic (exact) mass is 386 g/mol. The van der Waals surface area contributed by atoms with E-state index in [-0.39, 0.29) is 24.5 Å². The largest absolute Gasteiger partial charge is 0.370 e. The fourth-order valence-electron chi connectivity index (χ4n) is 3.20. The van der Waals surface area contributed by atoms with Crippen molar-refractivity contribution in [3.8, 4) is 0 Å². The minimum absolute atomic E-state index is 0.0144. The summed E-state index contributed by atoms with van der Waals surface area (Å²) in [6.45, 7) is 6.36. The van der Waals surface area contributed by atoms with E-state index >= 15 is 0 Å². The first kappa shape index (κ1) is 19.6. The summed E-state index contributed by atoms with van der Waals surface area (Å²) >= 11 is 1.40. The van der Waals surface area contributed by atoms with Crippen LogP contribution in [0.15, 0.2) is 47.8 Å². The van der Waals surface area contributed by atoms with Gasteiger partial charge in [0.15, 0.2) is 0 Å². The molecule has 0 saturated carbocycles. The summed E-state index contributed by atoms with van der Waals surface area (Å²) in [6, 6.07) is 13.6. The van der Waals surface area contributed by atoms with Crippen LogP contribution in [0.4, 0.5) is 0 Å². The zero-order chi connectivity index (χ0) is 19.2. The molecule has 1 atom stereocenters. The second-order valence-corrected chi connectivity index (χ2v) is 8.22. The van der Waals surface area contributed by atoms with Crippen LogP contribution in [0.3, 0.4) is 0 Å². The van der Waals surface area contributed by atoms with Gasteiger partial charge in [-0.3, -0.25) is 9.59 Å². The normalized spacial score (nSPS) is 18.0. The number of rotatable bonds is 6. The van der Waals surface area contributed by atoms with Gasteiger partial charge >= 0.3 is 0 Å². The Morgan fingerprint density at radius 3 is 2.63 bits per heavy atom. The molecule has 27 heavy (non-hydrogen) atoms. The molecule has 1 aliphatic rings. The van der Waals surface area contributed by atoms with Crippen molar-refractivity contribution < 1.29 is 14.3 Å². The second kappa shape index (κ2) is 9.15. The summed E-state index contributed by atoms with van der Waals surface area (Å²) in [5, 5.41) is 1.88. The SMILES string of the molecule is CC(C)CN1C[C@@H](OCc2ccccc2)CN(C(=O)c2cccs2)CC1=O. The molecule has 6 heteroatoms. The molecule has 0 bridgehead atoms. The number of hydrogen-bond donors (Lipinski definition) is 0. The summed E-state index contributed by atoms with van der Waals surface area (Å²) in [7, 11) is 0. The zero-order valence-corrected chi connectivity index (χ0v) is 16.7. The van der Waals surface area contributed by atoms with Gasteiger partial charge < -0.3 is 14.5 Å². The van der Waals surface area contributed by atoms with Crippen LogP contribution in [0.5, 0.6) is 0 Å². The maximum Gasteiger partial charge on any atom is 0.264 e. The van der Waals surface area contributed by atoms with E-state index in [1.807, 2.05) is 46.7 Å². The molecule has 2 amide bonds. The lowest BCUT2D eigenvalue weighted by Gasteiger charge is -2.26. The van der Waals surface area contributed by atoms with Gasteiger partial charge in [-0.1, -0.05) is 50.2 Å². The van der Waals surface area contributed by atoms with Gasteiger partial charge in [0.1, 0.15) is 6.54 Å². The van der Waals surface area contributed by atoms with Gasteiger partial charge in [-0.15, -0.1) is 11.3 Å². The fourth-order valence-corrected chi connectivity index (χ4v) is 3.89. The lowest BCUT2D eigenvalue weighted by molar-refractivity contribution is -0.132. The Kier molecular flexibility index (Phi) is 6.63. The maximum absolute atomic E-state index is 12.8. The summed E-state index contributed by atoms with van der Waals surface area (Å²) in [6.07, 6.45) is -0.209. The Hall–Kier alpha value is -2.18. The highest BCUT2D eigenvalue weighted by atomic mass is 32.1. The molecule has 1 saturated heterocycles. The molecule has 2 heterocycles. The molecule has 0 aliphatic carbocycles. The van der Waals surface area contributed by atoms with Crippen molar-refractivity contribution in [2.24, 2.45) is 5.92 Å². The second-order valence-electron chi connectivity index (χ2n) is 7.27. The van der Waals surface area contributed by atoms with Crippen LogP contribution >= 0.6 is 11.3 Å². The first-order valence-corrected chi connectivity index (χ1v) is 10.2. The predicted molar refractivity (Wildman–Crippen MR) is 107 cm³/mol.